The summed E-state index contributed by atoms with van der Waals surface area (Å²) >= 11 is 0. The van der Waals surface area contributed by atoms with Crippen molar-refractivity contribution in [1.82, 2.24) is 0 Å². The van der Waals surface area contributed by atoms with Crippen molar-refractivity contribution < 1.29 is 9.47 Å². The molecule has 1 aromatic carbocycles. The fraction of sp³-hybridized carbons (Fsp3) is 0.273. The first-order chi connectivity index (χ1) is 6.74. The number of nitrogens with two attached hydrogens (primary N) is 1. The molecule has 3 heteroatoms. The van der Waals surface area contributed by atoms with Crippen molar-refractivity contribution in [2.75, 3.05) is 14.2 Å². The molecule has 0 aliphatic heterocycles. The van der Waals surface area contributed by atoms with Crippen LogP contribution in [0.1, 0.15) is 11.6 Å². The second kappa shape index (κ2) is 4.67. The Hall–Kier alpha value is -1.48. The van der Waals surface area contributed by atoms with Gasteiger partial charge in [-0.2, -0.15) is 0 Å². The number of hydrogen-bond acceptors (Lipinski definition) is 3. The Morgan fingerprint density at radius 2 is 1.79 bits per heavy atom. The summed E-state index contributed by atoms with van der Waals surface area (Å²) in [6, 6.07) is 5.28. The zero-order chi connectivity index (χ0) is 10.6. The molecule has 14 heavy (non-hydrogen) atoms. The van der Waals surface area contributed by atoms with Crippen LogP contribution in [0.4, 0.5) is 0 Å². The SMILES string of the molecule is C=CC(N)c1c(OC)cccc1OC. The maximum absolute atomic E-state index is 5.87. The highest BCUT2D eigenvalue weighted by Crippen LogP contribution is 2.32. The maximum atomic E-state index is 5.87. The van der Waals surface area contributed by atoms with E-state index in [1.165, 1.54) is 0 Å². The van der Waals surface area contributed by atoms with Gasteiger partial charge >= 0.3 is 0 Å². The topological polar surface area (TPSA) is 44.5 Å². The van der Waals surface area contributed by atoms with Gasteiger partial charge in [0.1, 0.15) is 11.5 Å². The van der Waals surface area contributed by atoms with Crippen LogP contribution < -0.4 is 15.2 Å². The second-order valence-electron chi connectivity index (χ2n) is 2.84. The molecule has 0 heterocycles. The minimum atomic E-state index is -0.277. The van der Waals surface area contributed by atoms with Crippen molar-refractivity contribution >= 4 is 0 Å². The Morgan fingerprint density at radius 1 is 1.29 bits per heavy atom. The summed E-state index contributed by atoms with van der Waals surface area (Å²) in [5.74, 6) is 1.44. The van der Waals surface area contributed by atoms with Crippen molar-refractivity contribution in [3.05, 3.63) is 36.4 Å². The monoisotopic (exact) mass is 193 g/mol. The highest BCUT2D eigenvalue weighted by Gasteiger charge is 2.14. The fourth-order valence-corrected chi connectivity index (χ4v) is 1.33. The van der Waals surface area contributed by atoms with Gasteiger partial charge < -0.3 is 15.2 Å². The minimum Gasteiger partial charge on any atom is -0.496 e. The van der Waals surface area contributed by atoms with Gasteiger partial charge in [0.15, 0.2) is 0 Å². The predicted octanol–water partition coefficient (Wildman–Crippen LogP) is 1.89. The van der Waals surface area contributed by atoms with Crippen molar-refractivity contribution in [1.29, 1.82) is 0 Å². The van der Waals surface area contributed by atoms with E-state index in [0.717, 1.165) is 17.1 Å². The van der Waals surface area contributed by atoms with E-state index < -0.39 is 0 Å². The van der Waals surface area contributed by atoms with Gasteiger partial charge in [-0.3, -0.25) is 0 Å². The molecule has 0 saturated heterocycles. The van der Waals surface area contributed by atoms with Gasteiger partial charge in [-0.1, -0.05) is 12.1 Å². The van der Waals surface area contributed by atoms with Crippen LogP contribution in [0, 0.1) is 0 Å². The van der Waals surface area contributed by atoms with Crippen LogP contribution in [0.2, 0.25) is 0 Å². The number of methoxy groups -OCH3 is 2. The van der Waals surface area contributed by atoms with Gasteiger partial charge in [0, 0.05) is 0 Å². The molecule has 76 valence electrons. The van der Waals surface area contributed by atoms with Gasteiger partial charge in [0.25, 0.3) is 0 Å². The number of hydrogen-bond donors (Lipinski definition) is 1. The van der Waals surface area contributed by atoms with E-state index in [2.05, 4.69) is 6.58 Å². The van der Waals surface area contributed by atoms with Crippen LogP contribution >= 0.6 is 0 Å². The maximum Gasteiger partial charge on any atom is 0.127 e. The zero-order valence-electron chi connectivity index (χ0n) is 8.49. The molecule has 0 amide bonds. The lowest BCUT2D eigenvalue weighted by Crippen LogP contribution is -2.10. The third-order valence-electron chi connectivity index (χ3n) is 2.05. The first-order valence-electron chi connectivity index (χ1n) is 4.33. The summed E-state index contributed by atoms with van der Waals surface area (Å²) in [4.78, 5) is 0. The molecule has 0 spiro atoms. The van der Waals surface area contributed by atoms with E-state index in [4.69, 9.17) is 15.2 Å². The van der Waals surface area contributed by atoms with Gasteiger partial charge in [-0.15, -0.1) is 6.58 Å². The highest BCUT2D eigenvalue weighted by molar-refractivity contribution is 5.48. The van der Waals surface area contributed by atoms with E-state index in [-0.39, 0.29) is 6.04 Å². The summed E-state index contributed by atoms with van der Waals surface area (Å²) in [5, 5.41) is 0. The number of rotatable bonds is 4. The highest BCUT2D eigenvalue weighted by atomic mass is 16.5. The van der Waals surface area contributed by atoms with Crippen LogP contribution in [-0.2, 0) is 0 Å². The average Bonchev–Trinajstić information content (AvgIpc) is 2.26. The molecule has 0 fully saturated rings. The van der Waals surface area contributed by atoms with Crippen molar-refractivity contribution in [2.45, 2.75) is 6.04 Å². The van der Waals surface area contributed by atoms with E-state index in [1.807, 2.05) is 18.2 Å². The molecule has 0 radical (unpaired) electrons. The Balaban J connectivity index is 3.25. The molecular formula is C11H15NO2. The van der Waals surface area contributed by atoms with Gasteiger partial charge in [0.2, 0.25) is 0 Å². The predicted molar refractivity (Wildman–Crippen MR) is 56.7 cm³/mol. The molecule has 0 aliphatic rings. The van der Waals surface area contributed by atoms with Gasteiger partial charge in [-0.05, 0) is 12.1 Å². The Kier molecular flexibility index (Phi) is 3.54. The summed E-state index contributed by atoms with van der Waals surface area (Å²) in [6.45, 7) is 3.65. The molecule has 0 aromatic heterocycles. The largest absolute Gasteiger partial charge is 0.496 e. The summed E-state index contributed by atoms with van der Waals surface area (Å²) in [6.07, 6.45) is 1.65. The third-order valence-corrected chi connectivity index (χ3v) is 2.05. The van der Waals surface area contributed by atoms with Crippen LogP contribution in [0.5, 0.6) is 11.5 Å². The lowest BCUT2D eigenvalue weighted by Gasteiger charge is -2.15. The minimum absolute atomic E-state index is 0.277. The van der Waals surface area contributed by atoms with Crippen molar-refractivity contribution in [3.8, 4) is 11.5 Å². The first kappa shape index (κ1) is 10.6. The Labute approximate surface area is 84.1 Å². The second-order valence-corrected chi connectivity index (χ2v) is 2.84. The van der Waals surface area contributed by atoms with Crippen LogP contribution in [0.3, 0.4) is 0 Å². The van der Waals surface area contributed by atoms with E-state index in [9.17, 15) is 0 Å². The molecule has 1 atom stereocenters. The van der Waals surface area contributed by atoms with Crippen LogP contribution in [-0.4, -0.2) is 14.2 Å². The smallest absolute Gasteiger partial charge is 0.127 e. The quantitative estimate of drug-likeness (QED) is 0.743. The molecule has 1 aromatic rings. The van der Waals surface area contributed by atoms with E-state index in [1.54, 1.807) is 20.3 Å². The average molecular weight is 193 g/mol. The standard InChI is InChI=1S/C11H15NO2/c1-4-8(12)11-9(13-2)6-5-7-10(11)14-3/h4-8H,1,12H2,2-3H3. The molecule has 0 bridgehead atoms. The van der Waals surface area contributed by atoms with Gasteiger partial charge in [0.05, 0.1) is 25.8 Å². The third kappa shape index (κ3) is 1.88. The number of ether oxygens (including phenoxy) is 2. The van der Waals surface area contributed by atoms with Crippen molar-refractivity contribution in [3.63, 3.8) is 0 Å². The van der Waals surface area contributed by atoms with Gasteiger partial charge in [-0.25, -0.2) is 0 Å². The normalized spacial score (nSPS) is 11.9. The molecule has 0 saturated carbocycles. The lowest BCUT2D eigenvalue weighted by atomic mass is 10.1. The summed E-state index contributed by atoms with van der Waals surface area (Å²) < 4.78 is 10.4. The zero-order valence-corrected chi connectivity index (χ0v) is 8.49. The van der Waals surface area contributed by atoms with Crippen LogP contribution in [0.25, 0.3) is 0 Å². The Morgan fingerprint density at radius 3 is 2.14 bits per heavy atom. The summed E-state index contributed by atoms with van der Waals surface area (Å²) in [7, 11) is 3.21. The molecule has 2 N–H and O–H groups in total. The van der Waals surface area contributed by atoms with E-state index in [0.29, 0.717) is 0 Å². The molecule has 0 aliphatic carbocycles. The molecular weight excluding hydrogens is 178 g/mol. The van der Waals surface area contributed by atoms with Crippen LogP contribution in [0.15, 0.2) is 30.9 Å². The summed E-state index contributed by atoms with van der Waals surface area (Å²) in [5.41, 5.74) is 6.70. The lowest BCUT2D eigenvalue weighted by molar-refractivity contribution is 0.383. The Bertz CT molecular complexity index is 301. The van der Waals surface area contributed by atoms with Crippen molar-refractivity contribution in [2.24, 2.45) is 5.73 Å². The fourth-order valence-electron chi connectivity index (χ4n) is 1.33. The van der Waals surface area contributed by atoms with E-state index >= 15 is 0 Å². The molecule has 3 nitrogen and oxygen atoms in total. The number of benzene rings is 1. The molecule has 1 unspecified atom stereocenters. The molecule has 1 rings (SSSR count). The first-order valence-corrected chi connectivity index (χ1v) is 4.33.